The second-order valence-electron chi connectivity index (χ2n) is 12.8. The maximum absolute atomic E-state index is 10.7. The van der Waals surface area contributed by atoms with Gasteiger partial charge in [0.05, 0.1) is 4.92 Å². The molecule has 2 unspecified atom stereocenters. The van der Waals surface area contributed by atoms with Gasteiger partial charge < -0.3 is 29.8 Å². The third kappa shape index (κ3) is 12.2. The summed E-state index contributed by atoms with van der Waals surface area (Å²) in [7, 11) is 1.00. The van der Waals surface area contributed by atoms with Crippen molar-refractivity contribution in [2.45, 2.75) is 37.9 Å². The smallest absolute Gasteiger partial charge is 0.269 e. The lowest BCUT2D eigenvalue weighted by Gasteiger charge is -2.26. The average molecular weight is 687 g/mol. The summed E-state index contributed by atoms with van der Waals surface area (Å²) in [6.07, 6.45) is 1.93. The van der Waals surface area contributed by atoms with Crippen LogP contribution >= 0.6 is 0 Å². The SMILES string of the molecule is CC1(Oc2ccc(N)cc2)CCN(CCOc2ccccc2)C1.CC1(Oc2ccc([N+](=O)[O-])cc2)CCN(CCOc2ccccc2)C1.CO. The van der Waals surface area contributed by atoms with Gasteiger partial charge >= 0.3 is 0 Å². The molecule has 11 nitrogen and oxygen atoms in total. The molecule has 2 heterocycles. The number of nitro benzene ring substituents is 1. The summed E-state index contributed by atoms with van der Waals surface area (Å²) in [4.78, 5) is 15.0. The molecule has 0 aromatic heterocycles. The molecule has 2 aliphatic rings. The van der Waals surface area contributed by atoms with E-state index in [1.807, 2.05) is 84.9 Å². The van der Waals surface area contributed by atoms with Crippen molar-refractivity contribution >= 4 is 11.4 Å². The van der Waals surface area contributed by atoms with Crippen LogP contribution in [0.4, 0.5) is 11.4 Å². The summed E-state index contributed by atoms with van der Waals surface area (Å²) in [5, 5.41) is 17.7. The van der Waals surface area contributed by atoms with Crippen LogP contribution in [-0.2, 0) is 0 Å². The summed E-state index contributed by atoms with van der Waals surface area (Å²) in [6.45, 7) is 11.0. The Morgan fingerprint density at radius 3 is 1.46 bits per heavy atom. The topological polar surface area (TPSA) is 133 Å². The van der Waals surface area contributed by atoms with Crippen LogP contribution in [0.25, 0.3) is 0 Å². The van der Waals surface area contributed by atoms with E-state index >= 15 is 0 Å². The second kappa shape index (κ2) is 18.8. The summed E-state index contributed by atoms with van der Waals surface area (Å²) in [5.41, 5.74) is 6.11. The van der Waals surface area contributed by atoms with Crippen molar-refractivity contribution in [3.05, 3.63) is 119 Å². The van der Waals surface area contributed by atoms with Crippen LogP contribution in [0.15, 0.2) is 109 Å². The van der Waals surface area contributed by atoms with Gasteiger partial charge in [0.25, 0.3) is 5.69 Å². The number of aliphatic hydroxyl groups is 1. The van der Waals surface area contributed by atoms with Gasteiger partial charge in [0.15, 0.2) is 0 Å². The summed E-state index contributed by atoms with van der Waals surface area (Å²) in [5.74, 6) is 3.35. The Morgan fingerprint density at radius 2 is 1.06 bits per heavy atom. The van der Waals surface area contributed by atoms with Crippen molar-refractivity contribution in [2.24, 2.45) is 0 Å². The standard InChI is InChI=1S/C19H22N2O4.C19H24N2O2.CH4O/c1-19(25-18-9-7-16(8-10-18)21(22)23)11-12-20(15-19)13-14-24-17-5-3-2-4-6-17;1-19(23-18-9-7-16(20)8-10-18)11-12-21(15-19)13-14-22-17-5-3-2-4-6-17;1-2/h2-10H,11-15H2,1H3;2-10H,11-15,20H2,1H3;2H,1H3. The lowest BCUT2D eigenvalue weighted by atomic mass is 10.1. The van der Waals surface area contributed by atoms with Gasteiger partial charge in [0.1, 0.15) is 47.4 Å². The van der Waals surface area contributed by atoms with E-state index in [9.17, 15) is 10.1 Å². The number of rotatable bonds is 13. The first-order valence-electron chi connectivity index (χ1n) is 16.9. The highest BCUT2D eigenvalue weighted by molar-refractivity contribution is 5.42. The van der Waals surface area contributed by atoms with E-state index in [0.29, 0.717) is 19.0 Å². The molecule has 4 aromatic carbocycles. The van der Waals surface area contributed by atoms with E-state index in [2.05, 4.69) is 23.6 Å². The first-order valence-corrected chi connectivity index (χ1v) is 16.9. The summed E-state index contributed by atoms with van der Waals surface area (Å²) < 4.78 is 23.8. The van der Waals surface area contributed by atoms with Crippen LogP contribution in [0, 0.1) is 10.1 Å². The first-order chi connectivity index (χ1) is 24.2. The minimum absolute atomic E-state index is 0.0728. The zero-order chi connectivity index (χ0) is 35.8. The molecule has 2 atom stereocenters. The average Bonchev–Trinajstić information content (AvgIpc) is 3.69. The van der Waals surface area contributed by atoms with Gasteiger partial charge in [-0.2, -0.15) is 0 Å². The Morgan fingerprint density at radius 1 is 0.660 bits per heavy atom. The third-order valence-corrected chi connectivity index (χ3v) is 8.52. The fourth-order valence-electron chi connectivity index (χ4n) is 5.96. The van der Waals surface area contributed by atoms with E-state index in [-0.39, 0.29) is 16.9 Å². The van der Waals surface area contributed by atoms with Crippen molar-refractivity contribution in [3.8, 4) is 23.0 Å². The molecular formula is C39H50N4O7. The van der Waals surface area contributed by atoms with E-state index in [4.69, 9.17) is 29.8 Å². The number of benzene rings is 4. The molecule has 0 spiro atoms. The fourth-order valence-corrected chi connectivity index (χ4v) is 5.96. The fraction of sp³-hybridized carbons (Fsp3) is 0.385. The van der Waals surface area contributed by atoms with E-state index < -0.39 is 4.92 Å². The van der Waals surface area contributed by atoms with Crippen LogP contribution in [0.2, 0.25) is 0 Å². The quantitative estimate of drug-likeness (QED) is 0.0936. The largest absolute Gasteiger partial charge is 0.492 e. The molecule has 6 rings (SSSR count). The van der Waals surface area contributed by atoms with Gasteiger partial charge in [0, 0.05) is 77.0 Å². The molecule has 11 heteroatoms. The van der Waals surface area contributed by atoms with E-state index in [1.54, 1.807) is 12.1 Å². The number of ether oxygens (including phenoxy) is 4. The van der Waals surface area contributed by atoms with Crippen molar-refractivity contribution in [2.75, 3.05) is 65.3 Å². The normalized spacial score (nSPS) is 20.1. The summed E-state index contributed by atoms with van der Waals surface area (Å²) in [6, 6.07) is 33.6. The molecule has 3 N–H and O–H groups in total. The van der Waals surface area contributed by atoms with Gasteiger partial charge in [-0.25, -0.2) is 0 Å². The highest BCUT2D eigenvalue weighted by Crippen LogP contribution is 2.30. The van der Waals surface area contributed by atoms with Crippen LogP contribution < -0.4 is 24.7 Å². The Labute approximate surface area is 295 Å². The number of aliphatic hydroxyl groups excluding tert-OH is 1. The summed E-state index contributed by atoms with van der Waals surface area (Å²) >= 11 is 0. The predicted octanol–water partition coefficient (Wildman–Crippen LogP) is 6.32. The lowest BCUT2D eigenvalue weighted by Crippen LogP contribution is -2.37. The molecule has 2 aliphatic heterocycles. The molecule has 0 radical (unpaired) electrons. The van der Waals surface area contributed by atoms with Crippen LogP contribution in [0.3, 0.4) is 0 Å². The number of anilines is 1. The monoisotopic (exact) mass is 686 g/mol. The Kier molecular flexibility index (Phi) is 14.3. The number of nitrogens with zero attached hydrogens (tertiary/aromatic N) is 3. The first kappa shape index (κ1) is 38.0. The van der Waals surface area contributed by atoms with Crippen LogP contribution in [0.1, 0.15) is 26.7 Å². The van der Waals surface area contributed by atoms with E-state index in [1.165, 1.54) is 12.1 Å². The van der Waals surface area contributed by atoms with Gasteiger partial charge in [-0.1, -0.05) is 36.4 Å². The molecule has 50 heavy (non-hydrogen) atoms. The third-order valence-electron chi connectivity index (χ3n) is 8.52. The van der Waals surface area contributed by atoms with Crippen LogP contribution in [-0.4, -0.2) is 90.6 Å². The highest BCUT2D eigenvalue weighted by Gasteiger charge is 2.36. The molecular weight excluding hydrogens is 636 g/mol. The molecule has 0 aliphatic carbocycles. The maximum atomic E-state index is 10.7. The second-order valence-corrected chi connectivity index (χ2v) is 12.8. The number of likely N-dealkylation sites (tertiary alicyclic amines) is 2. The molecule has 0 amide bonds. The predicted molar refractivity (Wildman–Crippen MR) is 196 cm³/mol. The number of hydrogen-bond donors (Lipinski definition) is 2. The maximum Gasteiger partial charge on any atom is 0.269 e. The van der Waals surface area contributed by atoms with Crippen LogP contribution in [0.5, 0.6) is 23.0 Å². The number of hydrogen-bond acceptors (Lipinski definition) is 10. The molecule has 2 fully saturated rings. The number of nitro groups is 1. The Hall–Kier alpha value is -4.84. The van der Waals surface area contributed by atoms with Gasteiger partial charge in [0.2, 0.25) is 0 Å². The minimum Gasteiger partial charge on any atom is -0.492 e. The number of nitrogen functional groups attached to an aromatic ring is 1. The number of non-ortho nitro benzene ring substituents is 1. The van der Waals surface area contributed by atoms with Crippen molar-refractivity contribution < 1.29 is 29.0 Å². The van der Waals surface area contributed by atoms with Crippen molar-refractivity contribution in [3.63, 3.8) is 0 Å². The minimum atomic E-state index is -0.407. The highest BCUT2D eigenvalue weighted by atomic mass is 16.6. The zero-order valence-electron chi connectivity index (χ0n) is 29.3. The van der Waals surface area contributed by atoms with Gasteiger partial charge in [-0.05, 0) is 74.5 Å². The van der Waals surface area contributed by atoms with Crippen molar-refractivity contribution in [1.82, 2.24) is 9.80 Å². The Balaban J connectivity index is 0.000000215. The Bertz CT molecular complexity index is 1560. The molecule has 268 valence electrons. The van der Waals surface area contributed by atoms with Gasteiger partial charge in [-0.15, -0.1) is 0 Å². The lowest BCUT2D eigenvalue weighted by molar-refractivity contribution is -0.384. The molecule has 0 bridgehead atoms. The molecule has 0 saturated carbocycles. The number of nitrogens with two attached hydrogens (primary N) is 1. The molecule has 4 aromatic rings. The number of para-hydroxylation sites is 2. The van der Waals surface area contributed by atoms with Crippen molar-refractivity contribution in [1.29, 1.82) is 0 Å². The molecule has 2 saturated heterocycles. The van der Waals surface area contributed by atoms with E-state index in [0.717, 1.165) is 82.2 Å². The van der Waals surface area contributed by atoms with Gasteiger partial charge in [-0.3, -0.25) is 19.9 Å². The zero-order valence-corrected chi connectivity index (χ0v) is 29.3.